The molecule has 0 radical (unpaired) electrons. The number of nitro benzene ring substituents is 1. The number of hydrogen-bond donors (Lipinski definition) is 1. The Balaban J connectivity index is 1.81. The number of benzene rings is 2. The van der Waals surface area contributed by atoms with Gasteiger partial charge in [-0.05, 0) is 18.2 Å². The first-order chi connectivity index (χ1) is 13.7. The fourth-order valence-electron chi connectivity index (χ4n) is 3.11. The Morgan fingerprint density at radius 2 is 1.79 bits per heavy atom. The van der Waals surface area contributed by atoms with Gasteiger partial charge >= 0.3 is 0 Å². The largest absolute Gasteiger partial charge is 0.367 e. The molecule has 2 aromatic carbocycles. The van der Waals surface area contributed by atoms with E-state index in [1.165, 1.54) is 22.7 Å². The van der Waals surface area contributed by atoms with Crippen LogP contribution in [0.25, 0.3) is 0 Å². The minimum absolute atomic E-state index is 0.00225. The number of nitrogens with zero attached hydrogens (tertiary/aromatic N) is 3. The highest BCUT2D eigenvalue weighted by Gasteiger charge is 2.25. The minimum atomic E-state index is -3.25. The second kappa shape index (κ2) is 8.36. The minimum Gasteiger partial charge on any atom is -0.367 e. The zero-order chi connectivity index (χ0) is 21.2. The number of para-hydroxylation sites is 2. The Bertz CT molecular complexity index is 1050. The van der Waals surface area contributed by atoms with Crippen LogP contribution >= 0.6 is 11.6 Å². The smallest absolute Gasteiger partial charge is 0.270 e. The molecule has 0 bridgehead atoms. The maximum absolute atomic E-state index is 12.7. The van der Waals surface area contributed by atoms with Crippen molar-refractivity contribution in [3.05, 3.63) is 63.2 Å². The molecule has 1 aliphatic heterocycles. The second-order valence-corrected chi connectivity index (χ2v) is 8.93. The summed E-state index contributed by atoms with van der Waals surface area (Å²) in [5.74, 6) is -0.569. The van der Waals surface area contributed by atoms with Gasteiger partial charge in [0.15, 0.2) is 0 Å². The van der Waals surface area contributed by atoms with Crippen LogP contribution in [0.3, 0.4) is 0 Å². The van der Waals surface area contributed by atoms with Crippen LogP contribution in [0.2, 0.25) is 5.02 Å². The summed E-state index contributed by atoms with van der Waals surface area (Å²) in [6, 6.07) is 10.8. The molecule has 0 spiro atoms. The number of halogens is 1. The van der Waals surface area contributed by atoms with E-state index in [1.807, 2.05) is 17.0 Å². The van der Waals surface area contributed by atoms with Crippen molar-refractivity contribution in [1.82, 2.24) is 4.31 Å². The Morgan fingerprint density at radius 3 is 2.41 bits per heavy atom. The first kappa shape index (κ1) is 21.0. The third kappa shape index (κ3) is 4.84. The first-order valence-electron chi connectivity index (χ1n) is 8.71. The number of non-ortho nitro benzene ring substituents is 1. The number of nitrogens with one attached hydrogen (secondary N) is 1. The van der Waals surface area contributed by atoms with Crippen molar-refractivity contribution >= 4 is 44.6 Å². The topological polar surface area (TPSA) is 113 Å². The highest BCUT2D eigenvalue weighted by atomic mass is 35.5. The van der Waals surface area contributed by atoms with Gasteiger partial charge in [0, 0.05) is 38.3 Å². The van der Waals surface area contributed by atoms with Crippen molar-refractivity contribution in [3.63, 3.8) is 0 Å². The maximum atomic E-state index is 12.7. The quantitative estimate of drug-likeness (QED) is 0.567. The van der Waals surface area contributed by atoms with E-state index >= 15 is 0 Å². The Hall–Kier alpha value is -2.69. The number of rotatable bonds is 5. The SMILES string of the molecule is CS(=O)(=O)N1CCN(c2ccccc2NC(=O)c2cc([N+](=O)[O-])ccc2Cl)CC1. The van der Waals surface area contributed by atoms with Crippen LogP contribution in [0, 0.1) is 10.1 Å². The molecule has 1 saturated heterocycles. The molecule has 1 heterocycles. The van der Waals surface area contributed by atoms with E-state index in [0.29, 0.717) is 31.9 Å². The fraction of sp³-hybridized carbons (Fsp3) is 0.278. The average Bonchev–Trinajstić information content (AvgIpc) is 2.68. The number of carbonyl (C=O) groups excluding carboxylic acids is 1. The van der Waals surface area contributed by atoms with Crippen LogP contribution in [0.4, 0.5) is 17.1 Å². The summed E-state index contributed by atoms with van der Waals surface area (Å²) >= 11 is 6.05. The van der Waals surface area contributed by atoms with Crippen LogP contribution in [-0.2, 0) is 10.0 Å². The third-order valence-electron chi connectivity index (χ3n) is 4.61. The lowest BCUT2D eigenvalue weighted by molar-refractivity contribution is -0.384. The molecule has 9 nitrogen and oxygen atoms in total. The highest BCUT2D eigenvalue weighted by Crippen LogP contribution is 2.29. The number of nitro groups is 1. The number of sulfonamides is 1. The summed E-state index contributed by atoms with van der Waals surface area (Å²) in [7, 11) is -3.25. The molecule has 0 saturated carbocycles. The van der Waals surface area contributed by atoms with E-state index in [9.17, 15) is 23.3 Å². The third-order valence-corrected chi connectivity index (χ3v) is 6.24. The Kier molecular flexibility index (Phi) is 6.06. The van der Waals surface area contributed by atoms with Crippen LogP contribution in [-0.4, -0.2) is 56.0 Å². The lowest BCUT2D eigenvalue weighted by Crippen LogP contribution is -2.48. The van der Waals surface area contributed by atoms with E-state index in [2.05, 4.69) is 5.32 Å². The number of amides is 1. The monoisotopic (exact) mass is 438 g/mol. The molecule has 1 aliphatic rings. The van der Waals surface area contributed by atoms with Gasteiger partial charge in [0.1, 0.15) is 0 Å². The van der Waals surface area contributed by atoms with Gasteiger partial charge < -0.3 is 10.2 Å². The molecule has 154 valence electrons. The Labute approximate surface area is 173 Å². The van der Waals surface area contributed by atoms with Gasteiger partial charge in [-0.25, -0.2) is 8.42 Å². The zero-order valence-corrected chi connectivity index (χ0v) is 17.1. The van der Waals surface area contributed by atoms with Crippen molar-refractivity contribution in [1.29, 1.82) is 0 Å². The van der Waals surface area contributed by atoms with E-state index in [1.54, 1.807) is 12.1 Å². The van der Waals surface area contributed by atoms with Crippen molar-refractivity contribution in [3.8, 4) is 0 Å². The van der Waals surface area contributed by atoms with Crippen molar-refractivity contribution in [2.75, 3.05) is 42.7 Å². The van der Waals surface area contributed by atoms with Gasteiger partial charge in [-0.15, -0.1) is 0 Å². The van der Waals surface area contributed by atoms with Gasteiger partial charge in [0.25, 0.3) is 11.6 Å². The molecule has 11 heteroatoms. The van der Waals surface area contributed by atoms with E-state index < -0.39 is 20.9 Å². The zero-order valence-electron chi connectivity index (χ0n) is 15.5. The summed E-state index contributed by atoms with van der Waals surface area (Å²) in [5, 5.41) is 13.8. The fourth-order valence-corrected chi connectivity index (χ4v) is 4.14. The van der Waals surface area contributed by atoms with Crippen molar-refractivity contribution < 1.29 is 18.1 Å². The van der Waals surface area contributed by atoms with Gasteiger partial charge in [-0.2, -0.15) is 4.31 Å². The molecule has 3 rings (SSSR count). The van der Waals surface area contributed by atoms with E-state index in [4.69, 9.17) is 11.6 Å². The molecule has 0 aromatic heterocycles. The normalized spacial score (nSPS) is 15.2. The van der Waals surface area contributed by atoms with Crippen LogP contribution < -0.4 is 10.2 Å². The molecule has 0 aliphatic carbocycles. The molecule has 29 heavy (non-hydrogen) atoms. The lowest BCUT2D eigenvalue weighted by atomic mass is 10.1. The van der Waals surface area contributed by atoms with Crippen LogP contribution in [0.15, 0.2) is 42.5 Å². The lowest BCUT2D eigenvalue weighted by Gasteiger charge is -2.35. The number of piperazine rings is 1. The molecule has 0 unspecified atom stereocenters. The molecule has 1 fully saturated rings. The van der Waals surface area contributed by atoms with Gasteiger partial charge in [0.05, 0.1) is 33.1 Å². The van der Waals surface area contributed by atoms with Crippen molar-refractivity contribution in [2.45, 2.75) is 0 Å². The summed E-state index contributed by atoms with van der Waals surface area (Å²) in [5.41, 5.74) is 1.01. The van der Waals surface area contributed by atoms with Gasteiger partial charge in [0.2, 0.25) is 10.0 Å². The number of hydrogen-bond acceptors (Lipinski definition) is 6. The van der Waals surface area contributed by atoms with Crippen LogP contribution in [0.5, 0.6) is 0 Å². The molecular formula is C18H19ClN4O5S. The number of carbonyl (C=O) groups is 1. The van der Waals surface area contributed by atoms with Gasteiger partial charge in [-0.3, -0.25) is 14.9 Å². The van der Waals surface area contributed by atoms with E-state index in [-0.39, 0.29) is 16.3 Å². The standard InChI is InChI=1S/C18H19ClN4O5S/c1-29(27,28)22-10-8-21(9-11-22)17-5-3-2-4-16(17)20-18(24)14-12-13(23(25)26)6-7-15(14)19/h2-7,12H,8-11H2,1H3,(H,20,24). The van der Waals surface area contributed by atoms with Crippen molar-refractivity contribution in [2.24, 2.45) is 0 Å². The summed E-state index contributed by atoms with van der Waals surface area (Å²) in [6.45, 7) is 1.63. The predicted octanol–water partition coefficient (Wildman–Crippen LogP) is 2.58. The number of anilines is 2. The van der Waals surface area contributed by atoms with Gasteiger partial charge in [-0.1, -0.05) is 23.7 Å². The summed E-state index contributed by atoms with van der Waals surface area (Å²) in [6.07, 6.45) is 1.18. The highest BCUT2D eigenvalue weighted by molar-refractivity contribution is 7.88. The maximum Gasteiger partial charge on any atom is 0.270 e. The molecular weight excluding hydrogens is 420 g/mol. The first-order valence-corrected chi connectivity index (χ1v) is 10.9. The Morgan fingerprint density at radius 1 is 1.14 bits per heavy atom. The second-order valence-electron chi connectivity index (χ2n) is 6.54. The summed E-state index contributed by atoms with van der Waals surface area (Å²) in [4.78, 5) is 25.1. The molecule has 2 aromatic rings. The molecule has 1 N–H and O–H groups in total. The van der Waals surface area contributed by atoms with E-state index in [0.717, 1.165) is 11.8 Å². The van der Waals surface area contributed by atoms with Crippen LogP contribution in [0.1, 0.15) is 10.4 Å². The summed E-state index contributed by atoms with van der Waals surface area (Å²) < 4.78 is 24.8. The molecule has 1 amide bonds. The molecule has 0 atom stereocenters. The average molecular weight is 439 g/mol. The predicted molar refractivity (Wildman–Crippen MR) is 111 cm³/mol.